The number of hydrogen-bond donors (Lipinski definition) is 2. The molecule has 1 heterocycles. The molecule has 0 aliphatic heterocycles. The van der Waals surface area contributed by atoms with Gasteiger partial charge in [-0.15, -0.1) is 0 Å². The van der Waals surface area contributed by atoms with E-state index in [1.165, 1.54) is 27.9 Å². The van der Waals surface area contributed by atoms with Crippen LogP contribution in [0.25, 0.3) is 5.69 Å². The van der Waals surface area contributed by atoms with Crippen molar-refractivity contribution in [3.8, 4) is 5.69 Å². The van der Waals surface area contributed by atoms with Crippen LogP contribution in [-0.4, -0.2) is 23.2 Å². The first-order chi connectivity index (χ1) is 14.3. The first-order valence-electron chi connectivity index (χ1n) is 10.2. The Hall–Kier alpha value is -3.34. The number of hydrogen-bond acceptors (Lipinski definition) is 3. The Kier molecular flexibility index (Phi) is 6.40. The van der Waals surface area contributed by atoms with Crippen LogP contribution in [0.5, 0.6) is 0 Å². The second-order valence-electron chi connectivity index (χ2n) is 7.85. The Bertz CT molecular complexity index is 1090. The van der Waals surface area contributed by atoms with Gasteiger partial charge in [-0.2, -0.15) is 5.10 Å². The molecule has 0 radical (unpaired) electrons. The summed E-state index contributed by atoms with van der Waals surface area (Å²) in [6, 6.07) is 14.5. The molecule has 3 aromatic rings. The number of rotatable bonds is 6. The summed E-state index contributed by atoms with van der Waals surface area (Å²) >= 11 is 0. The van der Waals surface area contributed by atoms with Crippen molar-refractivity contribution in [2.45, 2.75) is 41.5 Å². The van der Waals surface area contributed by atoms with E-state index in [4.69, 9.17) is 0 Å². The van der Waals surface area contributed by atoms with E-state index in [-0.39, 0.29) is 12.5 Å². The summed E-state index contributed by atoms with van der Waals surface area (Å²) in [6.07, 6.45) is 1.71. The van der Waals surface area contributed by atoms with Crippen LogP contribution < -0.4 is 10.7 Å². The molecule has 2 N–H and O–H groups in total. The van der Waals surface area contributed by atoms with Gasteiger partial charge in [-0.3, -0.25) is 4.79 Å². The van der Waals surface area contributed by atoms with Crippen LogP contribution in [0.2, 0.25) is 0 Å². The molecule has 0 unspecified atom stereocenters. The zero-order valence-corrected chi connectivity index (χ0v) is 18.6. The minimum atomic E-state index is -0.187. The number of aryl methyl sites for hydroxylation is 5. The predicted octanol–water partition coefficient (Wildman–Crippen LogP) is 4.89. The molecule has 0 aliphatic rings. The summed E-state index contributed by atoms with van der Waals surface area (Å²) in [4.78, 5) is 12.1. The Morgan fingerprint density at radius 3 is 2.30 bits per heavy atom. The van der Waals surface area contributed by atoms with Crippen LogP contribution in [0, 0.1) is 41.5 Å². The molecule has 0 spiro atoms. The van der Waals surface area contributed by atoms with E-state index in [2.05, 4.69) is 86.2 Å². The van der Waals surface area contributed by atoms with Gasteiger partial charge in [0, 0.05) is 22.6 Å². The number of aromatic nitrogens is 1. The van der Waals surface area contributed by atoms with Crippen molar-refractivity contribution in [2.24, 2.45) is 5.10 Å². The van der Waals surface area contributed by atoms with Gasteiger partial charge in [0.2, 0.25) is 0 Å². The Labute approximate surface area is 178 Å². The number of nitrogens with zero attached hydrogens (tertiary/aromatic N) is 2. The van der Waals surface area contributed by atoms with Gasteiger partial charge in [0.25, 0.3) is 5.91 Å². The highest BCUT2D eigenvalue weighted by Gasteiger charge is 2.13. The second kappa shape index (κ2) is 8.99. The van der Waals surface area contributed by atoms with Gasteiger partial charge >= 0.3 is 0 Å². The Morgan fingerprint density at radius 1 is 0.933 bits per heavy atom. The van der Waals surface area contributed by atoms with Gasteiger partial charge in [-0.05, 0) is 82.0 Å². The summed E-state index contributed by atoms with van der Waals surface area (Å²) in [5.41, 5.74) is 12.8. The maximum absolute atomic E-state index is 12.1. The smallest absolute Gasteiger partial charge is 0.259 e. The van der Waals surface area contributed by atoms with Crippen molar-refractivity contribution in [1.29, 1.82) is 0 Å². The molecule has 1 aromatic heterocycles. The van der Waals surface area contributed by atoms with Crippen LogP contribution in [0.1, 0.15) is 39.2 Å². The Balaban J connectivity index is 1.66. The van der Waals surface area contributed by atoms with Gasteiger partial charge in [-0.1, -0.05) is 24.3 Å². The van der Waals surface area contributed by atoms with Gasteiger partial charge in [0.15, 0.2) is 0 Å². The van der Waals surface area contributed by atoms with E-state index < -0.39 is 0 Å². The number of anilines is 1. The number of para-hydroxylation sites is 1. The number of nitrogens with one attached hydrogen (secondary N) is 2. The molecule has 156 valence electrons. The fraction of sp³-hybridized carbons (Fsp3) is 0.280. The molecule has 0 saturated carbocycles. The van der Waals surface area contributed by atoms with Crippen LogP contribution in [0.3, 0.4) is 0 Å². The molecule has 5 heteroatoms. The third-order valence-corrected chi connectivity index (χ3v) is 5.49. The highest BCUT2D eigenvalue weighted by Crippen LogP contribution is 2.25. The van der Waals surface area contributed by atoms with E-state index in [0.717, 1.165) is 22.6 Å². The number of hydrazone groups is 1. The molecule has 0 atom stereocenters. The lowest BCUT2D eigenvalue weighted by molar-refractivity contribution is -0.119. The maximum Gasteiger partial charge on any atom is 0.259 e. The second-order valence-corrected chi connectivity index (χ2v) is 7.85. The lowest BCUT2D eigenvalue weighted by atomic mass is 10.1. The van der Waals surface area contributed by atoms with E-state index in [0.29, 0.717) is 0 Å². The van der Waals surface area contributed by atoms with Gasteiger partial charge in [-0.25, -0.2) is 5.43 Å². The van der Waals surface area contributed by atoms with E-state index in [1.807, 2.05) is 18.2 Å². The predicted molar refractivity (Wildman–Crippen MR) is 125 cm³/mol. The maximum atomic E-state index is 12.1. The molecule has 30 heavy (non-hydrogen) atoms. The quantitative estimate of drug-likeness (QED) is 0.456. The summed E-state index contributed by atoms with van der Waals surface area (Å²) < 4.78 is 2.25. The summed E-state index contributed by atoms with van der Waals surface area (Å²) in [6.45, 7) is 12.7. The average Bonchev–Trinajstić information content (AvgIpc) is 2.97. The average molecular weight is 403 g/mol. The highest BCUT2D eigenvalue weighted by molar-refractivity contribution is 5.85. The summed E-state index contributed by atoms with van der Waals surface area (Å²) in [5.74, 6) is -0.187. The first kappa shape index (κ1) is 21.4. The standard InChI is InChI=1S/C25H30N4O/c1-16-10-11-23(12-19(16)4)26-15-24(30)28-27-14-22-13-20(5)29(21(22)6)25-17(2)8-7-9-18(25)3/h7-14,26H,15H2,1-6H3,(H,28,30)/b27-14-. The normalized spacial score (nSPS) is 11.1. The fourth-order valence-corrected chi connectivity index (χ4v) is 3.67. The number of carbonyl (C=O) groups excluding carboxylic acids is 1. The summed E-state index contributed by atoms with van der Waals surface area (Å²) in [7, 11) is 0. The summed E-state index contributed by atoms with van der Waals surface area (Å²) in [5, 5.41) is 7.29. The largest absolute Gasteiger partial charge is 0.376 e. The molecular weight excluding hydrogens is 372 g/mol. The zero-order chi connectivity index (χ0) is 21.8. The van der Waals surface area contributed by atoms with Gasteiger partial charge < -0.3 is 9.88 Å². The number of carbonyl (C=O) groups is 1. The lowest BCUT2D eigenvalue weighted by Gasteiger charge is -2.15. The lowest BCUT2D eigenvalue weighted by Crippen LogP contribution is -2.25. The van der Waals surface area contributed by atoms with Crippen molar-refractivity contribution in [1.82, 2.24) is 9.99 Å². The van der Waals surface area contributed by atoms with E-state index in [1.54, 1.807) is 6.21 Å². The molecular formula is C25H30N4O. The monoisotopic (exact) mass is 402 g/mol. The Morgan fingerprint density at radius 2 is 1.63 bits per heavy atom. The minimum Gasteiger partial charge on any atom is -0.376 e. The number of amides is 1. The van der Waals surface area contributed by atoms with Crippen molar-refractivity contribution in [3.63, 3.8) is 0 Å². The molecule has 3 rings (SSSR count). The fourth-order valence-electron chi connectivity index (χ4n) is 3.67. The van der Waals surface area contributed by atoms with Crippen LogP contribution in [-0.2, 0) is 4.79 Å². The van der Waals surface area contributed by atoms with Crippen molar-refractivity contribution >= 4 is 17.8 Å². The number of benzene rings is 2. The zero-order valence-electron chi connectivity index (χ0n) is 18.6. The molecule has 5 nitrogen and oxygen atoms in total. The SMILES string of the molecule is Cc1ccc(NCC(=O)N/N=C\c2cc(C)n(-c3c(C)cccc3C)c2C)cc1C. The molecule has 2 aromatic carbocycles. The third-order valence-electron chi connectivity index (χ3n) is 5.49. The molecule has 1 amide bonds. The van der Waals surface area contributed by atoms with Crippen LogP contribution in [0.15, 0.2) is 47.6 Å². The van der Waals surface area contributed by atoms with Crippen molar-refractivity contribution in [3.05, 3.63) is 81.7 Å². The van der Waals surface area contributed by atoms with E-state index >= 15 is 0 Å². The van der Waals surface area contributed by atoms with Gasteiger partial charge in [0.1, 0.15) is 0 Å². The molecule has 0 fully saturated rings. The molecule has 0 aliphatic carbocycles. The topological polar surface area (TPSA) is 58.4 Å². The van der Waals surface area contributed by atoms with Gasteiger partial charge in [0.05, 0.1) is 18.4 Å². The van der Waals surface area contributed by atoms with Crippen LogP contribution in [0.4, 0.5) is 5.69 Å². The van der Waals surface area contributed by atoms with Crippen molar-refractivity contribution < 1.29 is 4.79 Å². The highest BCUT2D eigenvalue weighted by atomic mass is 16.2. The molecule has 0 saturated heterocycles. The van der Waals surface area contributed by atoms with Crippen LogP contribution >= 0.6 is 0 Å². The molecule has 0 bridgehead atoms. The van der Waals surface area contributed by atoms with Crippen molar-refractivity contribution in [2.75, 3.05) is 11.9 Å². The van der Waals surface area contributed by atoms with E-state index in [9.17, 15) is 4.79 Å². The third kappa shape index (κ3) is 4.62. The minimum absolute atomic E-state index is 0.168. The first-order valence-corrected chi connectivity index (χ1v) is 10.2.